The number of rotatable bonds is 5. The van der Waals surface area contributed by atoms with Crippen molar-refractivity contribution in [3.8, 4) is 0 Å². The smallest absolute Gasteiger partial charge is 0.240 e. The van der Waals surface area contributed by atoms with Crippen molar-refractivity contribution in [1.82, 2.24) is 9.71 Å². The summed E-state index contributed by atoms with van der Waals surface area (Å²) in [7, 11) is -3.42. The monoisotopic (exact) mass is 314 g/mol. The average Bonchev–Trinajstić information content (AvgIpc) is 2.87. The molecule has 0 bridgehead atoms. The van der Waals surface area contributed by atoms with Gasteiger partial charge >= 0.3 is 0 Å². The Morgan fingerprint density at radius 2 is 1.82 bits per heavy atom. The molecule has 22 heavy (non-hydrogen) atoms. The zero-order valence-electron chi connectivity index (χ0n) is 12.3. The molecule has 0 radical (unpaired) electrons. The molecule has 0 aliphatic carbocycles. The Morgan fingerprint density at radius 3 is 2.59 bits per heavy atom. The first kappa shape index (κ1) is 14.8. The van der Waals surface area contributed by atoms with Crippen molar-refractivity contribution < 1.29 is 8.42 Å². The molecule has 3 rings (SSSR count). The summed E-state index contributed by atoms with van der Waals surface area (Å²) in [5, 5.41) is 1.15. The maximum Gasteiger partial charge on any atom is 0.240 e. The number of H-pyrrole nitrogens is 1. The summed E-state index contributed by atoms with van der Waals surface area (Å²) in [4.78, 5) is 3.57. The van der Waals surface area contributed by atoms with Gasteiger partial charge in [0, 0.05) is 17.8 Å². The van der Waals surface area contributed by atoms with Crippen molar-refractivity contribution in [3.63, 3.8) is 0 Å². The zero-order chi connectivity index (χ0) is 15.6. The average molecular weight is 314 g/mol. The Labute approximate surface area is 130 Å². The van der Waals surface area contributed by atoms with Gasteiger partial charge in [-0.25, -0.2) is 13.1 Å². The van der Waals surface area contributed by atoms with Crippen molar-refractivity contribution in [2.24, 2.45) is 0 Å². The number of nitrogens with one attached hydrogen (secondary N) is 2. The number of benzene rings is 2. The Hall–Kier alpha value is -2.11. The number of aryl methyl sites for hydroxylation is 1. The van der Waals surface area contributed by atoms with Crippen LogP contribution in [0.15, 0.2) is 59.5 Å². The first-order chi connectivity index (χ1) is 10.5. The van der Waals surface area contributed by atoms with Gasteiger partial charge in [0.15, 0.2) is 0 Å². The molecular formula is C17H18N2O2S. The maximum absolute atomic E-state index is 12.1. The van der Waals surface area contributed by atoms with Crippen LogP contribution < -0.4 is 4.72 Å². The van der Waals surface area contributed by atoms with Crippen molar-refractivity contribution in [1.29, 1.82) is 0 Å². The Kier molecular flexibility index (Phi) is 4.00. The number of aromatic amines is 1. The van der Waals surface area contributed by atoms with E-state index in [0.29, 0.717) is 17.9 Å². The van der Waals surface area contributed by atoms with Crippen LogP contribution in [0.2, 0.25) is 0 Å². The second-order valence-electron chi connectivity index (χ2n) is 5.33. The quantitative estimate of drug-likeness (QED) is 0.760. The summed E-state index contributed by atoms with van der Waals surface area (Å²) in [6.07, 6.45) is 0.659. The fourth-order valence-corrected chi connectivity index (χ4v) is 3.55. The molecule has 0 atom stereocenters. The molecule has 3 aromatic rings. The predicted molar refractivity (Wildman–Crippen MR) is 88.4 cm³/mol. The molecule has 1 heterocycles. The van der Waals surface area contributed by atoms with E-state index in [2.05, 4.69) is 21.8 Å². The number of hydrogen-bond donors (Lipinski definition) is 2. The van der Waals surface area contributed by atoms with E-state index in [1.54, 1.807) is 30.3 Å². The van der Waals surface area contributed by atoms with E-state index in [4.69, 9.17) is 0 Å². The maximum atomic E-state index is 12.1. The number of aromatic nitrogens is 1. The van der Waals surface area contributed by atoms with E-state index in [0.717, 1.165) is 22.2 Å². The number of fused-ring (bicyclic) bond motifs is 1. The van der Waals surface area contributed by atoms with Gasteiger partial charge in [0.2, 0.25) is 10.0 Å². The summed E-state index contributed by atoms with van der Waals surface area (Å²) in [5.41, 5.74) is 3.34. The van der Waals surface area contributed by atoms with Gasteiger partial charge in [-0.2, -0.15) is 0 Å². The van der Waals surface area contributed by atoms with Crippen LogP contribution in [-0.2, 0) is 16.4 Å². The number of hydrogen-bond acceptors (Lipinski definition) is 2. The second-order valence-corrected chi connectivity index (χ2v) is 7.10. The van der Waals surface area contributed by atoms with E-state index < -0.39 is 10.0 Å². The highest BCUT2D eigenvalue weighted by molar-refractivity contribution is 7.89. The van der Waals surface area contributed by atoms with E-state index in [-0.39, 0.29) is 0 Å². The summed E-state index contributed by atoms with van der Waals surface area (Å²) >= 11 is 0. The first-order valence-corrected chi connectivity index (χ1v) is 8.66. The SMILES string of the molecule is Cc1cc2cc(CCNS(=O)(=O)c3ccccc3)ccc2[nH]1. The van der Waals surface area contributed by atoms with Crippen molar-refractivity contribution in [3.05, 3.63) is 65.9 Å². The third-order valence-electron chi connectivity index (χ3n) is 3.58. The molecule has 0 unspecified atom stereocenters. The minimum atomic E-state index is -3.42. The van der Waals surface area contributed by atoms with Gasteiger partial charge in [-0.15, -0.1) is 0 Å². The topological polar surface area (TPSA) is 62.0 Å². The third-order valence-corrected chi connectivity index (χ3v) is 5.06. The molecule has 114 valence electrons. The van der Waals surface area contributed by atoms with Crippen LogP contribution in [-0.4, -0.2) is 19.9 Å². The van der Waals surface area contributed by atoms with Gasteiger partial charge in [0.05, 0.1) is 4.90 Å². The van der Waals surface area contributed by atoms with E-state index in [1.807, 2.05) is 19.1 Å². The number of sulfonamides is 1. The molecule has 4 nitrogen and oxygen atoms in total. The van der Waals surface area contributed by atoms with Crippen LogP contribution in [0.25, 0.3) is 10.9 Å². The largest absolute Gasteiger partial charge is 0.359 e. The van der Waals surface area contributed by atoms with Gasteiger partial charge < -0.3 is 4.98 Å². The van der Waals surface area contributed by atoms with Crippen LogP contribution in [0, 0.1) is 6.92 Å². The lowest BCUT2D eigenvalue weighted by atomic mass is 10.1. The summed E-state index contributed by atoms with van der Waals surface area (Å²) in [6.45, 7) is 2.40. The van der Waals surface area contributed by atoms with Gasteiger partial charge in [-0.1, -0.05) is 24.3 Å². The van der Waals surface area contributed by atoms with Gasteiger partial charge in [0.1, 0.15) is 0 Å². The standard InChI is InChI=1S/C17H18N2O2S/c1-13-11-15-12-14(7-8-17(15)19-13)9-10-18-22(20,21)16-5-3-2-4-6-16/h2-8,11-12,18-19H,9-10H2,1H3. The van der Waals surface area contributed by atoms with Crippen LogP contribution in [0.4, 0.5) is 0 Å². The first-order valence-electron chi connectivity index (χ1n) is 7.17. The predicted octanol–water partition coefficient (Wildman–Crippen LogP) is 3.00. The van der Waals surface area contributed by atoms with Crippen LogP contribution in [0.5, 0.6) is 0 Å². The molecule has 0 saturated heterocycles. The minimum absolute atomic E-state index is 0.298. The van der Waals surface area contributed by atoms with Crippen molar-refractivity contribution in [2.75, 3.05) is 6.54 Å². The van der Waals surface area contributed by atoms with Crippen LogP contribution >= 0.6 is 0 Å². The lowest BCUT2D eigenvalue weighted by molar-refractivity contribution is 0.581. The molecule has 0 spiro atoms. The molecule has 0 aliphatic heterocycles. The molecule has 0 amide bonds. The molecular weight excluding hydrogens is 296 g/mol. The molecule has 0 aliphatic rings. The Morgan fingerprint density at radius 1 is 1.05 bits per heavy atom. The van der Waals surface area contributed by atoms with E-state index >= 15 is 0 Å². The Bertz CT molecular complexity index is 883. The van der Waals surface area contributed by atoms with Crippen LogP contribution in [0.3, 0.4) is 0 Å². The molecule has 0 saturated carbocycles. The van der Waals surface area contributed by atoms with Gasteiger partial charge in [-0.3, -0.25) is 0 Å². The molecule has 2 aromatic carbocycles. The fourth-order valence-electron chi connectivity index (χ4n) is 2.50. The second kappa shape index (κ2) is 5.94. The molecule has 5 heteroatoms. The van der Waals surface area contributed by atoms with Crippen molar-refractivity contribution >= 4 is 20.9 Å². The van der Waals surface area contributed by atoms with Gasteiger partial charge in [-0.05, 0) is 54.6 Å². The highest BCUT2D eigenvalue weighted by atomic mass is 32.2. The summed E-state index contributed by atoms with van der Waals surface area (Å²) in [5.74, 6) is 0. The summed E-state index contributed by atoms with van der Waals surface area (Å²) in [6, 6.07) is 16.7. The van der Waals surface area contributed by atoms with E-state index in [1.165, 1.54) is 0 Å². The highest BCUT2D eigenvalue weighted by Gasteiger charge is 2.12. The fraction of sp³-hybridized carbons (Fsp3) is 0.176. The lowest BCUT2D eigenvalue weighted by Gasteiger charge is -2.07. The molecule has 1 aromatic heterocycles. The van der Waals surface area contributed by atoms with Crippen LogP contribution in [0.1, 0.15) is 11.3 Å². The lowest BCUT2D eigenvalue weighted by Crippen LogP contribution is -2.25. The zero-order valence-corrected chi connectivity index (χ0v) is 13.2. The highest BCUT2D eigenvalue weighted by Crippen LogP contribution is 2.17. The van der Waals surface area contributed by atoms with Gasteiger partial charge in [0.25, 0.3) is 0 Å². The summed E-state index contributed by atoms with van der Waals surface area (Å²) < 4.78 is 26.9. The molecule has 2 N–H and O–H groups in total. The van der Waals surface area contributed by atoms with Crippen molar-refractivity contribution in [2.45, 2.75) is 18.2 Å². The normalized spacial score (nSPS) is 11.9. The van der Waals surface area contributed by atoms with E-state index in [9.17, 15) is 8.42 Å². The Balaban J connectivity index is 1.67. The molecule has 0 fully saturated rings. The third kappa shape index (κ3) is 3.21. The minimum Gasteiger partial charge on any atom is -0.359 e.